The molecule has 0 radical (unpaired) electrons. The van der Waals surface area contributed by atoms with E-state index in [2.05, 4.69) is 21.2 Å². The van der Waals surface area contributed by atoms with Crippen LogP contribution in [0.3, 0.4) is 0 Å². The van der Waals surface area contributed by atoms with Crippen molar-refractivity contribution in [2.24, 2.45) is 0 Å². The minimum atomic E-state index is -2.46. The van der Waals surface area contributed by atoms with Crippen LogP contribution in [0.4, 0.5) is 14.5 Å². The minimum absolute atomic E-state index is 0.353. The highest BCUT2D eigenvalue weighted by Crippen LogP contribution is 2.22. The van der Waals surface area contributed by atoms with Gasteiger partial charge < -0.3 is 5.32 Å². The number of alkyl halides is 2. The lowest BCUT2D eigenvalue weighted by Gasteiger charge is -2.15. The van der Waals surface area contributed by atoms with Gasteiger partial charge in [-0.05, 0) is 25.1 Å². The van der Waals surface area contributed by atoms with Crippen molar-refractivity contribution in [2.45, 2.75) is 19.4 Å². The fourth-order valence-electron chi connectivity index (χ4n) is 1.04. The highest BCUT2D eigenvalue weighted by molar-refractivity contribution is 9.10. The molecule has 0 aromatic heterocycles. The van der Waals surface area contributed by atoms with E-state index in [0.29, 0.717) is 11.3 Å². The van der Waals surface area contributed by atoms with E-state index < -0.39 is 12.5 Å². The van der Waals surface area contributed by atoms with Crippen LogP contribution in [0.15, 0.2) is 22.7 Å². The van der Waals surface area contributed by atoms with E-state index in [-0.39, 0.29) is 0 Å². The van der Waals surface area contributed by atoms with Crippen LogP contribution in [0.25, 0.3) is 0 Å². The Balaban J connectivity index is 2.93. The number of halogens is 3. The Kier molecular flexibility index (Phi) is 4.04. The first kappa shape index (κ1) is 11.9. The molecule has 1 unspecified atom stereocenters. The number of hydrogen-bond donors (Lipinski definition) is 1. The smallest absolute Gasteiger partial charge is 0.258 e. The molecule has 0 aliphatic heterocycles. The Morgan fingerprint density at radius 1 is 1.47 bits per heavy atom. The maximum absolute atomic E-state index is 12.3. The molecule has 0 bridgehead atoms. The molecule has 0 aliphatic rings. The van der Waals surface area contributed by atoms with Gasteiger partial charge in [0.05, 0.1) is 17.3 Å². The number of nitrogens with one attached hydrogen (secondary N) is 1. The van der Waals surface area contributed by atoms with Crippen molar-refractivity contribution in [3.05, 3.63) is 28.2 Å². The second-order valence-electron chi connectivity index (χ2n) is 3.07. The van der Waals surface area contributed by atoms with Gasteiger partial charge in [-0.15, -0.1) is 0 Å². The summed E-state index contributed by atoms with van der Waals surface area (Å²) >= 11 is 3.22. The van der Waals surface area contributed by atoms with E-state index in [9.17, 15) is 8.78 Å². The van der Waals surface area contributed by atoms with Crippen molar-refractivity contribution in [1.82, 2.24) is 0 Å². The van der Waals surface area contributed by atoms with Gasteiger partial charge in [-0.25, -0.2) is 8.78 Å². The van der Waals surface area contributed by atoms with Crippen molar-refractivity contribution in [3.63, 3.8) is 0 Å². The lowest BCUT2D eigenvalue weighted by Crippen LogP contribution is -2.24. The molecule has 1 atom stereocenters. The summed E-state index contributed by atoms with van der Waals surface area (Å²) in [6, 6.07) is 5.83. The molecule has 0 saturated carbocycles. The van der Waals surface area contributed by atoms with Gasteiger partial charge in [0.25, 0.3) is 6.43 Å². The fraction of sp³-hybridized carbons (Fsp3) is 0.300. The summed E-state index contributed by atoms with van der Waals surface area (Å²) in [5.74, 6) is 0. The second kappa shape index (κ2) is 5.08. The average Bonchev–Trinajstić information content (AvgIpc) is 2.18. The first-order valence-electron chi connectivity index (χ1n) is 4.29. The summed E-state index contributed by atoms with van der Waals surface area (Å²) in [4.78, 5) is 0. The first-order valence-corrected chi connectivity index (χ1v) is 5.08. The lowest BCUT2D eigenvalue weighted by atomic mass is 10.2. The van der Waals surface area contributed by atoms with Crippen LogP contribution in [0.5, 0.6) is 0 Å². The Hall–Kier alpha value is -1.15. The molecule has 0 amide bonds. The molecule has 0 spiro atoms. The normalized spacial score (nSPS) is 12.3. The van der Waals surface area contributed by atoms with Crippen LogP contribution in [0.2, 0.25) is 0 Å². The van der Waals surface area contributed by atoms with Gasteiger partial charge in [0.15, 0.2) is 0 Å². The minimum Gasteiger partial charge on any atom is -0.376 e. The third-order valence-electron chi connectivity index (χ3n) is 1.86. The number of rotatable bonds is 3. The van der Waals surface area contributed by atoms with Crippen LogP contribution in [-0.4, -0.2) is 12.5 Å². The number of hydrogen-bond acceptors (Lipinski definition) is 2. The number of benzene rings is 1. The van der Waals surface area contributed by atoms with Crippen LogP contribution < -0.4 is 5.32 Å². The van der Waals surface area contributed by atoms with Crippen molar-refractivity contribution in [3.8, 4) is 6.07 Å². The summed E-state index contributed by atoms with van der Waals surface area (Å²) < 4.78 is 25.3. The van der Waals surface area contributed by atoms with Gasteiger partial charge in [-0.3, -0.25) is 0 Å². The molecule has 0 saturated heterocycles. The molecule has 2 nitrogen and oxygen atoms in total. The van der Waals surface area contributed by atoms with E-state index in [0.717, 1.165) is 4.47 Å². The topological polar surface area (TPSA) is 35.8 Å². The third kappa shape index (κ3) is 3.17. The molecule has 0 heterocycles. The molecule has 0 fully saturated rings. The zero-order valence-corrected chi connectivity index (χ0v) is 9.55. The van der Waals surface area contributed by atoms with Gasteiger partial charge in [0.2, 0.25) is 0 Å². The standard InChI is InChI=1S/C10H9BrF2N2/c1-6(10(12)13)15-9-4-8(11)3-2-7(9)5-14/h2-4,6,10,15H,1H3. The van der Waals surface area contributed by atoms with E-state index in [1.54, 1.807) is 18.2 Å². The van der Waals surface area contributed by atoms with E-state index in [4.69, 9.17) is 5.26 Å². The molecule has 80 valence electrons. The van der Waals surface area contributed by atoms with Gasteiger partial charge in [-0.2, -0.15) is 5.26 Å². The summed E-state index contributed by atoms with van der Waals surface area (Å²) in [6.45, 7) is 1.37. The number of anilines is 1. The SMILES string of the molecule is CC(Nc1cc(Br)ccc1C#N)C(F)F. The summed E-state index contributed by atoms with van der Waals surface area (Å²) in [6.07, 6.45) is -2.46. The molecule has 1 aromatic rings. The molecule has 1 N–H and O–H groups in total. The van der Waals surface area contributed by atoms with Gasteiger partial charge in [0.1, 0.15) is 6.07 Å². The van der Waals surface area contributed by atoms with Crippen molar-refractivity contribution in [1.29, 1.82) is 5.26 Å². The highest BCUT2D eigenvalue weighted by atomic mass is 79.9. The maximum Gasteiger partial charge on any atom is 0.258 e. The lowest BCUT2D eigenvalue weighted by molar-refractivity contribution is 0.130. The van der Waals surface area contributed by atoms with E-state index >= 15 is 0 Å². The van der Waals surface area contributed by atoms with Gasteiger partial charge >= 0.3 is 0 Å². The number of nitriles is 1. The fourth-order valence-corrected chi connectivity index (χ4v) is 1.40. The zero-order valence-electron chi connectivity index (χ0n) is 7.97. The quantitative estimate of drug-likeness (QED) is 0.917. The predicted octanol–water partition coefficient (Wildman–Crippen LogP) is 3.39. The molecule has 5 heteroatoms. The Bertz CT molecular complexity index is 387. The Morgan fingerprint density at radius 2 is 2.13 bits per heavy atom. The van der Waals surface area contributed by atoms with E-state index in [1.807, 2.05) is 6.07 Å². The molecular weight excluding hydrogens is 266 g/mol. The Morgan fingerprint density at radius 3 is 2.67 bits per heavy atom. The van der Waals surface area contributed by atoms with Gasteiger partial charge in [0, 0.05) is 4.47 Å². The zero-order chi connectivity index (χ0) is 11.4. The monoisotopic (exact) mass is 274 g/mol. The largest absolute Gasteiger partial charge is 0.376 e. The Labute approximate surface area is 95.0 Å². The summed E-state index contributed by atoms with van der Waals surface area (Å²) in [7, 11) is 0. The molecule has 15 heavy (non-hydrogen) atoms. The first-order chi connectivity index (χ1) is 7.04. The van der Waals surface area contributed by atoms with Crippen LogP contribution >= 0.6 is 15.9 Å². The van der Waals surface area contributed by atoms with Crippen LogP contribution in [0.1, 0.15) is 12.5 Å². The summed E-state index contributed by atoms with van der Waals surface area (Å²) in [5.41, 5.74) is 0.769. The van der Waals surface area contributed by atoms with Crippen molar-refractivity contribution in [2.75, 3.05) is 5.32 Å². The molecule has 0 aliphatic carbocycles. The van der Waals surface area contributed by atoms with Gasteiger partial charge in [-0.1, -0.05) is 15.9 Å². The highest BCUT2D eigenvalue weighted by Gasteiger charge is 2.15. The maximum atomic E-state index is 12.3. The predicted molar refractivity (Wildman–Crippen MR) is 57.9 cm³/mol. The van der Waals surface area contributed by atoms with Crippen LogP contribution in [-0.2, 0) is 0 Å². The molecular formula is C10H9BrF2N2. The van der Waals surface area contributed by atoms with Crippen molar-refractivity contribution >= 4 is 21.6 Å². The third-order valence-corrected chi connectivity index (χ3v) is 2.36. The second-order valence-corrected chi connectivity index (χ2v) is 3.98. The van der Waals surface area contributed by atoms with E-state index in [1.165, 1.54) is 6.92 Å². The molecule has 1 aromatic carbocycles. The summed E-state index contributed by atoms with van der Waals surface area (Å²) in [5, 5.41) is 11.4. The van der Waals surface area contributed by atoms with Crippen LogP contribution in [0, 0.1) is 11.3 Å². The van der Waals surface area contributed by atoms with Crippen molar-refractivity contribution < 1.29 is 8.78 Å². The number of nitrogens with zero attached hydrogens (tertiary/aromatic N) is 1. The average molecular weight is 275 g/mol. The molecule has 1 rings (SSSR count).